The summed E-state index contributed by atoms with van der Waals surface area (Å²) < 4.78 is 7.89. The number of nitrogens with zero attached hydrogens (tertiary/aromatic N) is 3. The molecule has 0 aliphatic heterocycles. The molecule has 0 saturated heterocycles. The number of aromatic nitrogens is 3. The van der Waals surface area contributed by atoms with Gasteiger partial charge in [0.15, 0.2) is 11.5 Å². The van der Waals surface area contributed by atoms with Crippen molar-refractivity contribution in [2.45, 2.75) is 52.3 Å². The molecule has 21 heavy (non-hydrogen) atoms. The van der Waals surface area contributed by atoms with E-state index in [1.165, 1.54) is 0 Å². The van der Waals surface area contributed by atoms with Crippen LogP contribution in [-0.2, 0) is 11.3 Å². The second-order valence-electron chi connectivity index (χ2n) is 6.02. The smallest absolute Gasteiger partial charge is 0.160 e. The van der Waals surface area contributed by atoms with Gasteiger partial charge in [0.25, 0.3) is 0 Å². The van der Waals surface area contributed by atoms with Gasteiger partial charge in [-0.2, -0.15) is 0 Å². The maximum Gasteiger partial charge on any atom is 0.160 e. The van der Waals surface area contributed by atoms with Gasteiger partial charge in [-0.1, -0.05) is 19.9 Å². The number of fused-ring (bicyclic) bond motifs is 1. The molecule has 0 aromatic carbocycles. The van der Waals surface area contributed by atoms with Crippen LogP contribution < -0.4 is 5.32 Å². The van der Waals surface area contributed by atoms with E-state index in [2.05, 4.69) is 36.3 Å². The van der Waals surface area contributed by atoms with Crippen molar-refractivity contribution in [3.8, 4) is 0 Å². The number of hydrogen-bond acceptors (Lipinski definition) is 4. The SMILES string of the molecule is CCOC1CC(NCc2nnc3ccccn23)C1(C)CC. The zero-order valence-corrected chi connectivity index (χ0v) is 13.0. The number of nitrogens with one attached hydrogen (secondary N) is 1. The van der Waals surface area contributed by atoms with E-state index < -0.39 is 0 Å². The summed E-state index contributed by atoms with van der Waals surface area (Å²) in [5, 5.41) is 12.1. The molecule has 0 radical (unpaired) electrons. The highest BCUT2D eigenvalue weighted by Crippen LogP contribution is 2.45. The molecule has 5 heteroatoms. The lowest BCUT2D eigenvalue weighted by molar-refractivity contribution is -0.126. The zero-order chi connectivity index (χ0) is 14.9. The highest BCUT2D eigenvalue weighted by Gasteiger charge is 2.50. The van der Waals surface area contributed by atoms with Gasteiger partial charge >= 0.3 is 0 Å². The molecule has 2 aromatic heterocycles. The lowest BCUT2D eigenvalue weighted by Crippen LogP contribution is -2.62. The molecule has 1 saturated carbocycles. The molecule has 1 N–H and O–H groups in total. The first-order valence-electron chi connectivity index (χ1n) is 7.82. The average molecular weight is 288 g/mol. The summed E-state index contributed by atoms with van der Waals surface area (Å²) in [5.74, 6) is 0.962. The lowest BCUT2D eigenvalue weighted by atomic mass is 9.61. The van der Waals surface area contributed by atoms with Gasteiger partial charge in [-0.3, -0.25) is 4.40 Å². The fourth-order valence-corrected chi connectivity index (χ4v) is 3.29. The number of pyridine rings is 1. The van der Waals surface area contributed by atoms with Gasteiger partial charge in [0.05, 0.1) is 12.6 Å². The van der Waals surface area contributed by atoms with Crippen LogP contribution >= 0.6 is 0 Å². The molecule has 2 heterocycles. The predicted molar refractivity (Wildman–Crippen MR) is 82.0 cm³/mol. The van der Waals surface area contributed by atoms with Gasteiger partial charge in [0.1, 0.15) is 0 Å². The normalized spacial score (nSPS) is 28.7. The van der Waals surface area contributed by atoms with Crippen molar-refractivity contribution in [2.75, 3.05) is 6.61 Å². The van der Waals surface area contributed by atoms with Gasteiger partial charge in [0.2, 0.25) is 0 Å². The van der Waals surface area contributed by atoms with Crippen LogP contribution in [0, 0.1) is 5.41 Å². The maximum absolute atomic E-state index is 5.85. The summed E-state index contributed by atoms with van der Waals surface area (Å²) in [6, 6.07) is 6.44. The van der Waals surface area contributed by atoms with Gasteiger partial charge in [-0.15, -0.1) is 10.2 Å². The molecule has 0 spiro atoms. The molecule has 3 rings (SSSR count). The Morgan fingerprint density at radius 2 is 2.24 bits per heavy atom. The van der Waals surface area contributed by atoms with E-state index >= 15 is 0 Å². The van der Waals surface area contributed by atoms with Crippen molar-refractivity contribution in [3.05, 3.63) is 30.2 Å². The Morgan fingerprint density at radius 1 is 1.38 bits per heavy atom. The summed E-state index contributed by atoms with van der Waals surface area (Å²) in [5.41, 5.74) is 1.12. The molecule has 3 unspecified atom stereocenters. The molecule has 114 valence electrons. The highest BCUT2D eigenvalue weighted by molar-refractivity contribution is 5.36. The monoisotopic (exact) mass is 288 g/mol. The molecule has 1 aliphatic carbocycles. The molecule has 0 bridgehead atoms. The van der Waals surface area contributed by atoms with Crippen molar-refractivity contribution >= 4 is 5.65 Å². The quantitative estimate of drug-likeness (QED) is 0.887. The summed E-state index contributed by atoms with van der Waals surface area (Å²) in [7, 11) is 0. The Bertz CT molecular complexity index is 611. The van der Waals surface area contributed by atoms with Crippen LogP contribution in [0.4, 0.5) is 0 Å². The van der Waals surface area contributed by atoms with E-state index in [1.54, 1.807) is 0 Å². The molecule has 2 aromatic rings. The van der Waals surface area contributed by atoms with Gasteiger partial charge in [-0.25, -0.2) is 0 Å². The second-order valence-corrected chi connectivity index (χ2v) is 6.02. The number of hydrogen-bond donors (Lipinski definition) is 1. The Labute approximate surface area is 125 Å². The van der Waals surface area contributed by atoms with Gasteiger partial charge in [0, 0.05) is 24.3 Å². The molecule has 0 amide bonds. The van der Waals surface area contributed by atoms with Crippen molar-refractivity contribution in [1.29, 1.82) is 0 Å². The minimum Gasteiger partial charge on any atom is -0.378 e. The number of rotatable bonds is 6. The third kappa shape index (κ3) is 2.45. The zero-order valence-electron chi connectivity index (χ0n) is 13.0. The summed E-state index contributed by atoms with van der Waals surface area (Å²) in [4.78, 5) is 0. The Morgan fingerprint density at radius 3 is 3.00 bits per heavy atom. The van der Waals surface area contributed by atoms with Crippen molar-refractivity contribution < 1.29 is 4.74 Å². The third-order valence-electron chi connectivity index (χ3n) is 5.00. The Kier molecular flexibility index (Phi) is 3.95. The van der Waals surface area contributed by atoms with Crippen LogP contribution in [0.3, 0.4) is 0 Å². The maximum atomic E-state index is 5.85. The van der Waals surface area contributed by atoms with Crippen LogP contribution in [-0.4, -0.2) is 33.4 Å². The van der Waals surface area contributed by atoms with E-state index in [1.807, 2.05) is 28.8 Å². The summed E-state index contributed by atoms with van der Waals surface area (Å²) >= 11 is 0. The Balaban J connectivity index is 1.66. The summed E-state index contributed by atoms with van der Waals surface area (Å²) in [6.45, 7) is 8.16. The van der Waals surface area contributed by atoms with Gasteiger partial charge in [-0.05, 0) is 31.9 Å². The molecule has 1 aliphatic rings. The predicted octanol–water partition coefficient (Wildman–Crippen LogP) is 2.41. The lowest BCUT2D eigenvalue weighted by Gasteiger charge is -2.53. The van der Waals surface area contributed by atoms with Crippen molar-refractivity contribution in [1.82, 2.24) is 19.9 Å². The van der Waals surface area contributed by atoms with Crippen LogP contribution in [0.25, 0.3) is 5.65 Å². The largest absolute Gasteiger partial charge is 0.378 e. The minimum atomic E-state index is 0.219. The fourth-order valence-electron chi connectivity index (χ4n) is 3.29. The van der Waals surface area contributed by atoms with E-state index in [0.717, 1.165) is 37.5 Å². The van der Waals surface area contributed by atoms with Crippen LogP contribution in [0.2, 0.25) is 0 Å². The van der Waals surface area contributed by atoms with E-state index in [-0.39, 0.29) is 5.41 Å². The number of ether oxygens (including phenoxy) is 1. The summed E-state index contributed by atoms with van der Waals surface area (Å²) in [6.07, 6.45) is 4.58. The average Bonchev–Trinajstić information content (AvgIpc) is 2.92. The van der Waals surface area contributed by atoms with Crippen molar-refractivity contribution in [2.24, 2.45) is 5.41 Å². The van der Waals surface area contributed by atoms with Crippen molar-refractivity contribution in [3.63, 3.8) is 0 Å². The van der Waals surface area contributed by atoms with Gasteiger partial charge < -0.3 is 10.1 Å². The van der Waals surface area contributed by atoms with Crippen LogP contribution in [0.5, 0.6) is 0 Å². The van der Waals surface area contributed by atoms with E-state index in [4.69, 9.17) is 4.74 Å². The third-order valence-corrected chi connectivity index (χ3v) is 5.00. The van der Waals surface area contributed by atoms with Crippen LogP contribution in [0.1, 0.15) is 39.4 Å². The topological polar surface area (TPSA) is 51.5 Å². The standard InChI is InChI=1S/C16H24N4O/c1-4-16(3)12(10-13(16)21-5-2)17-11-15-19-18-14-8-6-7-9-20(14)15/h6-9,12-13,17H,4-5,10-11H2,1-3H3. The second kappa shape index (κ2) is 5.73. The first-order chi connectivity index (χ1) is 10.2. The Hall–Kier alpha value is -1.46. The molecule has 3 atom stereocenters. The minimum absolute atomic E-state index is 0.219. The molecule has 1 fully saturated rings. The highest BCUT2D eigenvalue weighted by atomic mass is 16.5. The molecular weight excluding hydrogens is 264 g/mol. The first-order valence-corrected chi connectivity index (χ1v) is 7.82. The first kappa shape index (κ1) is 14.5. The molecule has 5 nitrogen and oxygen atoms in total. The fraction of sp³-hybridized carbons (Fsp3) is 0.625. The molecular formula is C16H24N4O. The van der Waals surface area contributed by atoms with Crippen LogP contribution in [0.15, 0.2) is 24.4 Å². The van der Waals surface area contributed by atoms with E-state index in [0.29, 0.717) is 12.1 Å². The van der Waals surface area contributed by atoms with E-state index in [9.17, 15) is 0 Å².